The van der Waals surface area contributed by atoms with E-state index in [1.807, 2.05) is 20.8 Å². The van der Waals surface area contributed by atoms with Gasteiger partial charge in [0.2, 0.25) is 0 Å². The van der Waals surface area contributed by atoms with E-state index in [4.69, 9.17) is 0 Å². The Morgan fingerprint density at radius 1 is 1.15 bits per heavy atom. The van der Waals surface area contributed by atoms with Crippen molar-refractivity contribution >= 4 is 29.1 Å². The maximum absolute atomic E-state index is 12.4. The Bertz CT molecular complexity index is 835. The van der Waals surface area contributed by atoms with Gasteiger partial charge < -0.3 is 10.6 Å². The van der Waals surface area contributed by atoms with Gasteiger partial charge in [0.1, 0.15) is 5.01 Å². The predicted molar refractivity (Wildman–Crippen MR) is 106 cm³/mol. The Morgan fingerprint density at radius 3 is 2.37 bits per heavy atom. The second-order valence-electron chi connectivity index (χ2n) is 6.18. The van der Waals surface area contributed by atoms with Gasteiger partial charge in [0.05, 0.1) is 23.4 Å². The standard InChI is InChI=1S/C19H23N5O2S/c1-4-20-19(22-11-16-23-12(2)13(3)27-16)21-9-10-24-17(25)14-7-5-6-8-15(14)18(24)26/h5-8H,4,9-11H2,1-3H3,(H2,20,21,22). The maximum atomic E-state index is 12.4. The molecule has 1 aliphatic heterocycles. The SMILES string of the molecule is CCNC(=NCc1nc(C)c(C)s1)NCCN1C(=O)c2ccccc2C1=O. The number of aromatic nitrogens is 1. The molecule has 0 radical (unpaired) electrons. The fourth-order valence-corrected chi connectivity index (χ4v) is 3.68. The lowest BCUT2D eigenvalue weighted by Crippen LogP contribution is -2.43. The van der Waals surface area contributed by atoms with Gasteiger partial charge in [-0.2, -0.15) is 0 Å². The highest BCUT2D eigenvalue weighted by Gasteiger charge is 2.34. The molecule has 2 amide bonds. The highest BCUT2D eigenvalue weighted by Crippen LogP contribution is 2.21. The van der Waals surface area contributed by atoms with Crippen LogP contribution in [0.5, 0.6) is 0 Å². The average Bonchev–Trinajstić information content (AvgIpc) is 3.11. The number of fused-ring (bicyclic) bond motifs is 1. The van der Waals surface area contributed by atoms with Crippen molar-refractivity contribution in [1.82, 2.24) is 20.5 Å². The molecule has 0 bridgehead atoms. The Labute approximate surface area is 162 Å². The van der Waals surface area contributed by atoms with E-state index < -0.39 is 0 Å². The van der Waals surface area contributed by atoms with E-state index in [0.29, 0.717) is 30.2 Å². The molecule has 7 nitrogen and oxygen atoms in total. The van der Waals surface area contributed by atoms with Crippen molar-refractivity contribution in [3.05, 3.63) is 51.0 Å². The molecule has 2 aromatic rings. The van der Waals surface area contributed by atoms with E-state index in [0.717, 1.165) is 17.2 Å². The zero-order chi connectivity index (χ0) is 19.4. The molecule has 0 spiro atoms. The van der Waals surface area contributed by atoms with Gasteiger partial charge in [0.15, 0.2) is 5.96 Å². The third kappa shape index (κ3) is 4.16. The molecule has 0 saturated carbocycles. The normalized spacial score (nSPS) is 13.9. The first-order valence-electron chi connectivity index (χ1n) is 8.91. The first kappa shape index (κ1) is 19.0. The molecule has 1 aromatic heterocycles. The summed E-state index contributed by atoms with van der Waals surface area (Å²) in [6, 6.07) is 6.91. The van der Waals surface area contributed by atoms with E-state index in [1.54, 1.807) is 35.6 Å². The minimum absolute atomic E-state index is 0.243. The molecule has 27 heavy (non-hydrogen) atoms. The summed E-state index contributed by atoms with van der Waals surface area (Å²) in [5, 5.41) is 7.30. The van der Waals surface area contributed by atoms with Crippen LogP contribution in [-0.2, 0) is 6.54 Å². The lowest BCUT2D eigenvalue weighted by molar-refractivity contribution is 0.0657. The summed E-state index contributed by atoms with van der Waals surface area (Å²) in [4.78, 5) is 36.2. The maximum Gasteiger partial charge on any atom is 0.261 e. The molecule has 0 atom stereocenters. The molecule has 0 aliphatic carbocycles. The van der Waals surface area contributed by atoms with Gasteiger partial charge in [-0.25, -0.2) is 9.98 Å². The third-order valence-electron chi connectivity index (χ3n) is 4.30. The number of hydrogen-bond acceptors (Lipinski definition) is 5. The van der Waals surface area contributed by atoms with Crippen molar-refractivity contribution in [2.45, 2.75) is 27.3 Å². The molecule has 3 rings (SSSR count). The number of hydrogen-bond donors (Lipinski definition) is 2. The Balaban J connectivity index is 1.58. The minimum Gasteiger partial charge on any atom is -0.357 e. The average molecular weight is 385 g/mol. The van der Waals surface area contributed by atoms with Gasteiger partial charge in [-0.1, -0.05) is 12.1 Å². The molecule has 142 valence electrons. The number of benzene rings is 1. The van der Waals surface area contributed by atoms with Crippen molar-refractivity contribution in [2.24, 2.45) is 4.99 Å². The largest absolute Gasteiger partial charge is 0.357 e. The molecule has 1 aromatic carbocycles. The highest BCUT2D eigenvalue weighted by atomic mass is 32.1. The van der Waals surface area contributed by atoms with E-state index in [9.17, 15) is 9.59 Å². The van der Waals surface area contributed by atoms with Gasteiger partial charge in [0, 0.05) is 24.5 Å². The number of rotatable bonds is 6. The topological polar surface area (TPSA) is 86.7 Å². The summed E-state index contributed by atoms with van der Waals surface area (Å²) >= 11 is 1.64. The number of aryl methyl sites for hydroxylation is 2. The fraction of sp³-hybridized carbons (Fsp3) is 0.368. The zero-order valence-electron chi connectivity index (χ0n) is 15.7. The van der Waals surface area contributed by atoms with Crippen LogP contribution in [0.2, 0.25) is 0 Å². The Morgan fingerprint density at radius 2 is 1.81 bits per heavy atom. The van der Waals surface area contributed by atoms with Crippen LogP contribution in [0, 0.1) is 13.8 Å². The van der Waals surface area contributed by atoms with Crippen molar-refractivity contribution < 1.29 is 9.59 Å². The van der Waals surface area contributed by atoms with E-state index in [1.165, 1.54) is 9.78 Å². The van der Waals surface area contributed by atoms with Gasteiger partial charge in [0.25, 0.3) is 11.8 Å². The van der Waals surface area contributed by atoms with E-state index in [2.05, 4.69) is 20.6 Å². The molecule has 8 heteroatoms. The zero-order valence-corrected chi connectivity index (χ0v) is 16.5. The van der Waals surface area contributed by atoms with Crippen LogP contribution in [0.4, 0.5) is 0 Å². The summed E-state index contributed by atoms with van der Waals surface area (Å²) in [5.74, 6) is 0.153. The number of nitrogens with one attached hydrogen (secondary N) is 2. The first-order valence-corrected chi connectivity index (χ1v) is 9.73. The van der Waals surface area contributed by atoms with Crippen LogP contribution in [0.3, 0.4) is 0 Å². The molecule has 1 aliphatic rings. The number of guanidine groups is 1. The van der Waals surface area contributed by atoms with Crippen LogP contribution in [0.25, 0.3) is 0 Å². The van der Waals surface area contributed by atoms with Crippen LogP contribution in [0.15, 0.2) is 29.3 Å². The van der Waals surface area contributed by atoms with Crippen LogP contribution >= 0.6 is 11.3 Å². The van der Waals surface area contributed by atoms with Crippen molar-refractivity contribution in [1.29, 1.82) is 0 Å². The number of amides is 2. The second-order valence-corrected chi connectivity index (χ2v) is 7.47. The number of aliphatic imine (C=N–C) groups is 1. The number of imide groups is 1. The quantitative estimate of drug-likeness (QED) is 0.452. The van der Waals surface area contributed by atoms with E-state index >= 15 is 0 Å². The summed E-state index contributed by atoms with van der Waals surface area (Å²) < 4.78 is 0. The third-order valence-corrected chi connectivity index (χ3v) is 5.35. The summed E-state index contributed by atoms with van der Waals surface area (Å²) in [7, 11) is 0. The fourth-order valence-electron chi connectivity index (χ4n) is 2.82. The smallest absolute Gasteiger partial charge is 0.261 e. The van der Waals surface area contributed by atoms with E-state index in [-0.39, 0.29) is 18.4 Å². The van der Waals surface area contributed by atoms with Gasteiger partial charge >= 0.3 is 0 Å². The van der Waals surface area contributed by atoms with Crippen molar-refractivity contribution in [2.75, 3.05) is 19.6 Å². The molecule has 2 N–H and O–H groups in total. The minimum atomic E-state index is -0.243. The van der Waals surface area contributed by atoms with Crippen LogP contribution in [0.1, 0.15) is 43.2 Å². The van der Waals surface area contributed by atoms with Crippen molar-refractivity contribution in [3.63, 3.8) is 0 Å². The first-order chi connectivity index (χ1) is 13.0. The molecule has 0 saturated heterocycles. The molecular formula is C19H23N5O2S. The summed E-state index contributed by atoms with van der Waals surface area (Å²) in [5.41, 5.74) is 1.98. The lowest BCUT2D eigenvalue weighted by atomic mass is 10.1. The van der Waals surface area contributed by atoms with Crippen LogP contribution in [-0.4, -0.2) is 47.3 Å². The molecular weight excluding hydrogens is 362 g/mol. The number of carbonyl (C=O) groups excluding carboxylic acids is 2. The molecule has 2 heterocycles. The van der Waals surface area contributed by atoms with Gasteiger partial charge in [-0.3, -0.25) is 14.5 Å². The number of thiazole rings is 1. The summed E-state index contributed by atoms with van der Waals surface area (Å²) in [6.45, 7) is 7.94. The Hall–Kier alpha value is -2.74. The Kier molecular flexibility index (Phi) is 5.85. The van der Waals surface area contributed by atoms with Gasteiger partial charge in [-0.05, 0) is 32.9 Å². The van der Waals surface area contributed by atoms with Crippen molar-refractivity contribution in [3.8, 4) is 0 Å². The predicted octanol–water partition coefficient (Wildman–Crippen LogP) is 2.11. The van der Waals surface area contributed by atoms with Gasteiger partial charge in [-0.15, -0.1) is 11.3 Å². The second kappa shape index (κ2) is 8.30. The monoisotopic (exact) mass is 385 g/mol. The molecule has 0 unspecified atom stereocenters. The lowest BCUT2D eigenvalue weighted by Gasteiger charge is -2.16. The molecule has 0 fully saturated rings. The number of carbonyl (C=O) groups is 2. The van der Waals surface area contributed by atoms with Crippen LogP contribution < -0.4 is 10.6 Å². The highest BCUT2D eigenvalue weighted by molar-refractivity contribution is 7.11. The summed E-state index contributed by atoms with van der Waals surface area (Å²) in [6.07, 6.45) is 0. The number of nitrogens with zero attached hydrogens (tertiary/aromatic N) is 3.